The van der Waals surface area contributed by atoms with Crippen molar-refractivity contribution in [2.75, 3.05) is 46.4 Å². The van der Waals surface area contributed by atoms with Crippen LogP contribution in [0, 0.1) is 12.8 Å². The van der Waals surface area contributed by atoms with E-state index in [9.17, 15) is 4.79 Å². The van der Waals surface area contributed by atoms with E-state index in [1.54, 1.807) is 0 Å². The molecule has 7 nitrogen and oxygen atoms in total. The lowest BCUT2D eigenvalue weighted by atomic mass is 9.89. The highest BCUT2D eigenvalue weighted by Crippen LogP contribution is 2.33. The van der Waals surface area contributed by atoms with Gasteiger partial charge in [0.1, 0.15) is 0 Å². The van der Waals surface area contributed by atoms with Gasteiger partial charge < -0.3 is 20.7 Å². The van der Waals surface area contributed by atoms with Crippen LogP contribution in [0.1, 0.15) is 56.3 Å². The van der Waals surface area contributed by atoms with E-state index < -0.39 is 0 Å². The van der Waals surface area contributed by atoms with Crippen molar-refractivity contribution in [2.45, 2.75) is 58.1 Å². The topological polar surface area (TPSA) is 78.0 Å². The monoisotopic (exact) mass is 443 g/mol. The van der Waals surface area contributed by atoms with Gasteiger partial charge in [0.15, 0.2) is 5.96 Å². The molecule has 2 aliphatic heterocycles. The number of guanidine groups is 1. The average molecular weight is 444 g/mol. The Kier molecular flexibility index (Phi) is 9.81. The quantitative estimate of drug-likeness (QED) is 0.425. The SMILES string of the molecule is CCCNC(=O)CN1CCC(NC(=NC)NCC2CCCOC2c2ccc(C)cc2)CC1. The third-order valence-electron chi connectivity index (χ3n) is 6.47. The van der Waals surface area contributed by atoms with E-state index in [1.165, 1.54) is 11.1 Å². The molecule has 2 heterocycles. The first-order valence-electron chi connectivity index (χ1n) is 12.2. The van der Waals surface area contributed by atoms with Crippen molar-refractivity contribution in [3.8, 4) is 0 Å². The second-order valence-corrected chi connectivity index (χ2v) is 9.10. The molecular weight excluding hydrogens is 402 g/mol. The van der Waals surface area contributed by atoms with Crippen molar-refractivity contribution in [2.24, 2.45) is 10.9 Å². The summed E-state index contributed by atoms with van der Waals surface area (Å²) in [5.74, 6) is 1.42. The Bertz CT molecular complexity index is 728. The molecule has 1 aromatic carbocycles. The Balaban J connectivity index is 1.43. The third-order valence-corrected chi connectivity index (χ3v) is 6.47. The number of amides is 1. The number of hydrogen-bond acceptors (Lipinski definition) is 4. The summed E-state index contributed by atoms with van der Waals surface area (Å²) in [6.45, 7) is 8.98. The van der Waals surface area contributed by atoms with E-state index in [0.29, 0.717) is 18.5 Å². The van der Waals surface area contributed by atoms with Gasteiger partial charge in [0.05, 0.1) is 12.6 Å². The lowest BCUT2D eigenvalue weighted by Gasteiger charge is -2.34. The van der Waals surface area contributed by atoms with Gasteiger partial charge in [0.25, 0.3) is 0 Å². The van der Waals surface area contributed by atoms with Crippen LogP contribution in [0.4, 0.5) is 0 Å². The summed E-state index contributed by atoms with van der Waals surface area (Å²) in [6.07, 6.45) is 5.40. The first-order valence-corrected chi connectivity index (χ1v) is 12.2. The van der Waals surface area contributed by atoms with Crippen LogP contribution >= 0.6 is 0 Å². The Morgan fingerprint density at radius 1 is 1.16 bits per heavy atom. The molecule has 1 aromatic rings. The van der Waals surface area contributed by atoms with E-state index >= 15 is 0 Å². The number of aryl methyl sites for hydroxylation is 1. The van der Waals surface area contributed by atoms with Crippen LogP contribution in [0.25, 0.3) is 0 Å². The molecule has 0 saturated carbocycles. The highest BCUT2D eigenvalue weighted by atomic mass is 16.5. The molecule has 7 heteroatoms. The molecule has 3 rings (SSSR count). The van der Waals surface area contributed by atoms with Gasteiger partial charge in [-0.15, -0.1) is 0 Å². The Morgan fingerprint density at radius 2 is 1.91 bits per heavy atom. The van der Waals surface area contributed by atoms with Crippen molar-refractivity contribution in [3.05, 3.63) is 35.4 Å². The van der Waals surface area contributed by atoms with Gasteiger partial charge in [-0.25, -0.2) is 0 Å². The van der Waals surface area contributed by atoms with Crippen LogP contribution in [0.2, 0.25) is 0 Å². The number of nitrogens with zero attached hydrogens (tertiary/aromatic N) is 2. The predicted octanol–water partition coefficient (Wildman–Crippen LogP) is 2.62. The zero-order valence-corrected chi connectivity index (χ0v) is 20.0. The van der Waals surface area contributed by atoms with E-state index in [1.807, 2.05) is 7.05 Å². The molecule has 0 radical (unpaired) electrons. The van der Waals surface area contributed by atoms with Gasteiger partial charge in [0.2, 0.25) is 5.91 Å². The second-order valence-electron chi connectivity index (χ2n) is 9.10. The Hall–Kier alpha value is -2.12. The van der Waals surface area contributed by atoms with Crippen molar-refractivity contribution in [3.63, 3.8) is 0 Å². The van der Waals surface area contributed by atoms with Crippen LogP contribution in [-0.4, -0.2) is 69.2 Å². The molecule has 3 N–H and O–H groups in total. The van der Waals surface area contributed by atoms with Crippen molar-refractivity contribution >= 4 is 11.9 Å². The normalized spacial score (nSPS) is 23.0. The number of aliphatic imine (C=N–C) groups is 1. The lowest BCUT2D eigenvalue weighted by molar-refractivity contribution is -0.122. The molecule has 0 spiro atoms. The van der Waals surface area contributed by atoms with Crippen LogP contribution in [0.15, 0.2) is 29.3 Å². The minimum Gasteiger partial charge on any atom is -0.373 e. The molecule has 0 aromatic heterocycles. The number of benzene rings is 1. The fourth-order valence-corrected chi connectivity index (χ4v) is 4.55. The molecular formula is C25H41N5O2. The van der Waals surface area contributed by atoms with Gasteiger partial charge in [-0.3, -0.25) is 14.7 Å². The minimum atomic E-state index is 0.133. The number of piperidine rings is 1. The van der Waals surface area contributed by atoms with E-state index in [4.69, 9.17) is 4.74 Å². The number of carbonyl (C=O) groups excluding carboxylic acids is 1. The maximum Gasteiger partial charge on any atom is 0.234 e. The number of rotatable bonds is 8. The fraction of sp³-hybridized carbons (Fsp3) is 0.680. The number of hydrogen-bond donors (Lipinski definition) is 3. The molecule has 1 amide bonds. The standard InChI is InChI=1S/C25H41N5O2/c1-4-13-27-23(31)18-30-14-11-22(12-15-30)29-25(26-3)28-17-21-6-5-16-32-24(21)20-9-7-19(2)8-10-20/h7-10,21-22,24H,4-6,11-18H2,1-3H3,(H,27,31)(H2,26,28,29). The number of likely N-dealkylation sites (tertiary alicyclic amines) is 1. The Morgan fingerprint density at radius 3 is 2.59 bits per heavy atom. The Labute approximate surface area is 193 Å². The first kappa shape index (κ1) is 24.5. The molecule has 2 fully saturated rings. The summed E-state index contributed by atoms with van der Waals surface area (Å²) in [4.78, 5) is 18.6. The van der Waals surface area contributed by atoms with Crippen LogP contribution in [-0.2, 0) is 9.53 Å². The molecule has 2 aliphatic rings. The third kappa shape index (κ3) is 7.48. The summed E-state index contributed by atoms with van der Waals surface area (Å²) >= 11 is 0. The van der Waals surface area contributed by atoms with Gasteiger partial charge in [-0.1, -0.05) is 36.8 Å². The molecule has 2 atom stereocenters. The lowest BCUT2D eigenvalue weighted by Crippen LogP contribution is -2.51. The van der Waals surface area contributed by atoms with Crippen molar-refractivity contribution in [1.82, 2.24) is 20.9 Å². The number of nitrogens with one attached hydrogen (secondary N) is 3. The fourth-order valence-electron chi connectivity index (χ4n) is 4.55. The predicted molar refractivity (Wildman–Crippen MR) is 130 cm³/mol. The van der Waals surface area contributed by atoms with E-state index in [2.05, 4.69) is 64.0 Å². The van der Waals surface area contributed by atoms with E-state index in [0.717, 1.165) is 70.8 Å². The number of carbonyl (C=O) groups is 1. The minimum absolute atomic E-state index is 0.133. The summed E-state index contributed by atoms with van der Waals surface area (Å²) in [6, 6.07) is 9.10. The van der Waals surface area contributed by atoms with Crippen LogP contribution < -0.4 is 16.0 Å². The largest absolute Gasteiger partial charge is 0.373 e. The van der Waals surface area contributed by atoms with Crippen molar-refractivity contribution in [1.29, 1.82) is 0 Å². The maximum atomic E-state index is 11.9. The summed E-state index contributed by atoms with van der Waals surface area (Å²) in [5.41, 5.74) is 2.54. The average Bonchev–Trinajstić information content (AvgIpc) is 2.82. The summed E-state index contributed by atoms with van der Waals surface area (Å²) in [7, 11) is 1.83. The molecule has 2 saturated heterocycles. The maximum absolute atomic E-state index is 11.9. The summed E-state index contributed by atoms with van der Waals surface area (Å²) < 4.78 is 6.16. The smallest absolute Gasteiger partial charge is 0.234 e. The molecule has 0 aliphatic carbocycles. The van der Waals surface area contributed by atoms with E-state index in [-0.39, 0.29) is 12.0 Å². The second kappa shape index (κ2) is 12.8. The van der Waals surface area contributed by atoms with Gasteiger partial charge in [-0.05, 0) is 44.6 Å². The first-order chi connectivity index (χ1) is 15.6. The zero-order valence-electron chi connectivity index (χ0n) is 20.0. The molecule has 178 valence electrons. The molecule has 0 bridgehead atoms. The highest BCUT2D eigenvalue weighted by molar-refractivity contribution is 5.80. The molecule has 2 unspecified atom stereocenters. The van der Waals surface area contributed by atoms with Crippen LogP contribution in [0.3, 0.4) is 0 Å². The highest BCUT2D eigenvalue weighted by Gasteiger charge is 2.28. The molecule has 32 heavy (non-hydrogen) atoms. The number of ether oxygens (including phenoxy) is 1. The summed E-state index contributed by atoms with van der Waals surface area (Å²) in [5, 5.41) is 10.1. The zero-order chi connectivity index (χ0) is 22.8. The van der Waals surface area contributed by atoms with Gasteiger partial charge in [0, 0.05) is 51.8 Å². The van der Waals surface area contributed by atoms with Gasteiger partial charge in [-0.2, -0.15) is 0 Å². The van der Waals surface area contributed by atoms with Gasteiger partial charge >= 0.3 is 0 Å². The van der Waals surface area contributed by atoms with Crippen LogP contribution in [0.5, 0.6) is 0 Å². The van der Waals surface area contributed by atoms with Crippen molar-refractivity contribution < 1.29 is 9.53 Å².